The van der Waals surface area contributed by atoms with Crippen molar-refractivity contribution in [3.05, 3.63) is 71.4 Å². The molecule has 3 heterocycles. The van der Waals surface area contributed by atoms with E-state index < -0.39 is 0 Å². The van der Waals surface area contributed by atoms with Crippen molar-refractivity contribution in [1.29, 1.82) is 0 Å². The number of hydrogen-bond donors (Lipinski definition) is 2. The molecule has 3 aromatic rings. The summed E-state index contributed by atoms with van der Waals surface area (Å²) in [5.74, 6) is 0.829. The van der Waals surface area contributed by atoms with E-state index in [-0.39, 0.29) is 18.4 Å². The number of nitrogens with one attached hydrogen (secondary N) is 2. The fourth-order valence-electron chi connectivity index (χ4n) is 3.32. The van der Waals surface area contributed by atoms with Crippen molar-refractivity contribution in [2.45, 2.75) is 13.0 Å². The van der Waals surface area contributed by atoms with Gasteiger partial charge >= 0.3 is 6.03 Å². The molecule has 1 aliphatic rings. The fourth-order valence-corrected chi connectivity index (χ4v) is 4.02. The Hall–Kier alpha value is -3.46. The topological polar surface area (TPSA) is 90.5 Å². The molecule has 31 heavy (non-hydrogen) atoms. The van der Waals surface area contributed by atoms with Crippen LogP contribution in [0, 0.1) is 0 Å². The highest BCUT2D eigenvalue weighted by Crippen LogP contribution is 2.18. The molecule has 160 valence electrons. The Morgan fingerprint density at radius 2 is 1.77 bits per heavy atom. The monoisotopic (exact) mass is 436 g/mol. The summed E-state index contributed by atoms with van der Waals surface area (Å²) in [6.45, 7) is 3.17. The standard InChI is InChI=1S/C22H24N6O2S/c29-20(24-15-17-6-2-1-3-7-17)14-18-16-31-21(25-18)26-22(30)28-12-10-27(11-13-28)19-8-4-5-9-23-19/h1-9,16H,10-15H2,(H,24,29)(H,25,26,30). The summed E-state index contributed by atoms with van der Waals surface area (Å²) in [6.07, 6.45) is 1.96. The molecule has 9 heteroatoms. The van der Waals surface area contributed by atoms with E-state index in [1.165, 1.54) is 11.3 Å². The van der Waals surface area contributed by atoms with Crippen LogP contribution in [0.25, 0.3) is 0 Å². The molecule has 2 N–H and O–H groups in total. The lowest BCUT2D eigenvalue weighted by molar-refractivity contribution is -0.120. The molecule has 1 saturated heterocycles. The predicted octanol–water partition coefficient (Wildman–Crippen LogP) is 2.75. The number of amides is 3. The molecule has 2 aromatic heterocycles. The number of nitrogens with zero attached hydrogens (tertiary/aromatic N) is 4. The lowest BCUT2D eigenvalue weighted by Gasteiger charge is -2.35. The van der Waals surface area contributed by atoms with Gasteiger partial charge in [-0.3, -0.25) is 10.1 Å². The van der Waals surface area contributed by atoms with Crippen LogP contribution in [0.3, 0.4) is 0 Å². The molecule has 0 saturated carbocycles. The van der Waals surface area contributed by atoms with Crippen molar-refractivity contribution in [2.75, 3.05) is 36.4 Å². The van der Waals surface area contributed by atoms with Crippen molar-refractivity contribution in [1.82, 2.24) is 20.2 Å². The van der Waals surface area contributed by atoms with Crippen LogP contribution in [0.1, 0.15) is 11.3 Å². The lowest BCUT2D eigenvalue weighted by Crippen LogP contribution is -2.50. The Labute approximate surface area is 184 Å². The fraction of sp³-hybridized carbons (Fsp3) is 0.273. The number of thiazole rings is 1. The maximum atomic E-state index is 12.6. The van der Waals surface area contributed by atoms with Crippen LogP contribution in [0.15, 0.2) is 60.1 Å². The van der Waals surface area contributed by atoms with Crippen molar-refractivity contribution in [3.8, 4) is 0 Å². The molecule has 8 nitrogen and oxygen atoms in total. The lowest BCUT2D eigenvalue weighted by atomic mass is 10.2. The maximum absolute atomic E-state index is 12.6. The largest absolute Gasteiger partial charge is 0.353 e. The van der Waals surface area contributed by atoms with Gasteiger partial charge in [0.25, 0.3) is 0 Å². The van der Waals surface area contributed by atoms with Gasteiger partial charge in [-0.05, 0) is 17.7 Å². The van der Waals surface area contributed by atoms with Gasteiger partial charge in [0.1, 0.15) is 5.82 Å². The predicted molar refractivity (Wildman–Crippen MR) is 121 cm³/mol. The second-order valence-electron chi connectivity index (χ2n) is 7.18. The minimum atomic E-state index is -0.171. The molecule has 0 unspecified atom stereocenters. The van der Waals surface area contributed by atoms with Crippen molar-refractivity contribution < 1.29 is 9.59 Å². The Bertz CT molecular complexity index is 1000. The molecule has 3 amide bonds. The van der Waals surface area contributed by atoms with Gasteiger partial charge in [-0.1, -0.05) is 36.4 Å². The highest BCUT2D eigenvalue weighted by molar-refractivity contribution is 7.13. The summed E-state index contributed by atoms with van der Waals surface area (Å²) in [6, 6.07) is 15.4. The average molecular weight is 437 g/mol. The molecule has 0 atom stereocenters. The summed E-state index contributed by atoms with van der Waals surface area (Å²) < 4.78 is 0. The quantitative estimate of drug-likeness (QED) is 0.620. The second-order valence-corrected chi connectivity index (χ2v) is 8.03. The Kier molecular flexibility index (Phi) is 6.73. The van der Waals surface area contributed by atoms with Crippen LogP contribution in [-0.4, -0.2) is 53.0 Å². The number of hydrogen-bond acceptors (Lipinski definition) is 6. The van der Waals surface area contributed by atoms with Gasteiger partial charge < -0.3 is 15.1 Å². The zero-order chi connectivity index (χ0) is 21.5. The number of carbonyl (C=O) groups is 2. The molecule has 0 spiro atoms. The molecule has 1 aromatic carbocycles. The molecule has 1 aliphatic heterocycles. The smallest absolute Gasteiger partial charge is 0.323 e. The number of anilines is 2. The Balaban J connectivity index is 1.22. The Morgan fingerprint density at radius 3 is 2.52 bits per heavy atom. The first-order valence-corrected chi connectivity index (χ1v) is 11.0. The first-order chi connectivity index (χ1) is 15.2. The van der Waals surface area contributed by atoms with Crippen LogP contribution in [-0.2, 0) is 17.8 Å². The maximum Gasteiger partial charge on any atom is 0.323 e. The van der Waals surface area contributed by atoms with Gasteiger partial charge in [-0.2, -0.15) is 0 Å². The number of aromatic nitrogens is 2. The molecule has 1 fully saturated rings. The Morgan fingerprint density at radius 1 is 1.00 bits per heavy atom. The molecular weight excluding hydrogens is 412 g/mol. The molecule has 0 bridgehead atoms. The van der Waals surface area contributed by atoms with Crippen LogP contribution >= 0.6 is 11.3 Å². The van der Waals surface area contributed by atoms with Gasteiger partial charge in [0, 0.05) is 44.3 Å². The van der Waals surface area contributed by atoms with Gasteiger partial charge in [-0.15, -0.1) is 11.3 Å². The average Bonchev–Trinajstić information content (AvgIpc) is 3.25. The molecule has 0 aliphatic carbocycles. The van der Waals surface area contributed by atoms with Gasteiger partial charge in [0.05, 0.1) is 12.1 Å². The number of piperazine rings is 1. The highest BCUT2D eigenvalue weighted by Gasteiger charge is 2.22. The minimum Gasteiger partial charge on any atom is -0.353 e. The zero-order valence-electron chi connectivity index (χ0n) is 17.0. The number of carbonyl (C=O) groups excluding carboxylic acids is 2. The highest BCUT2D eigenvalue weighted by atomic mass is 32.1. The van der Waals surface area contributed by atoms with Crippen LogP contribution in [0.2, 0.25) is 0 Å². The molecular formula is C22H24N6O2S. The number of rotatable bonds is 6. The SMILES string of the molecule is O=C(Cc1csc(NC(=O)N2CCN(c3ccccn3)CC2)n1)NCc1ccccc1. The first-order valence-electron chi connectivity index (χ1n) is 10.1. The van der Waals surface area contributed by atoms with E-state index in [2.05, 4.69) is 25.5 Å². The number of benzene rings is 1. The summed E-state index contributed by atoms with van der Waals surface area (Å²) in [7, 11) is 0. The van der Waals surface area contributed by atoms with Crippen LogP contribution in [0.4, 0.5) is 15.7 Å². The van der Waals surface area contributed by atoms with E-state index in [1.807, 2.05) is 48.5 Å². The van der Waals surface area contributed by atoms with E-state index >= 15 is 0 Å². The molecule has 4 rings (SSSR count). The van der Waals surface area contributed by atoms with E-state index in [0.717, 1.165) is 24.5 Å². The van der Waals surface area contributed by atoms with Crippen molar-refractivity contribution in [3.63, 3.8) is 0 Å². The minimum absolute atomic E-state index is 0.0994. The first kappa shape index (κ1) is 20.8. The van der Waals surface area contributed by atoms with Crippen molar-refractivity contribution in [2.24, 2.45) is 0 Å². The summed E-state index contributed by atoms with van der Waals surface area (Å²) in [5.41, 5.74) is 1.69. The van der Waals surface area contributed by atoms with Gasteiger partial charge in [0.2, 0.25) is 5.91 Å². The number of pyridine rings is 1. The van der Waals surface area contributed by atoms with Crippen molar-refractivity contribution >= 4 is 34.2 Å². The third-order valence-electron chi connectivity index (χ3n) is 4.98. The third-order valence-corrected chi connectivity index (χ3v) is 5.79. The van der Waals surface area contributed by atoms with Gasteiger partial charge in [0.15, 0.2) is 5.13 Å². The zero-order valence-corrected chi connectivity index (χ0v) is 17.8. The van der Waals surface area contributed by atoms with Crippen LogP contribution < -0.4 is 15.5 Å². The number of urea groups is 1. The van der Waals surface area contributed by atoms with E-state index in [9.17, 15) is 9.59 Å². The summed E-state index contributed by atoms with van der Waals surface area (Å²) in [5, 5.41) is 8.04. The second kappa shape index (κ2) is 10.0. The normalized spacial score (nSPS) is 13.7. The van der Waals surface area contributed by atoms with Gasteiger partial charge in [-0.25, -0.2) is 14.8 Å². The summed E-state index contributed by atoms with van der Waals surface area (Å²) >= 11 is 1.33. The van der Waals surface area contributed by atoms with E-state index in [1.54, 1.807) is 16.5 Å². The van der Waals surface area contributed by atoms with E-state index in [0.29, 0.717) is 30.5 Å². The van der Waals surface area contributed by atoms with Crippen LogP contribution in [0.5, 0.6) is 0 Å². The molecule has 0 radical (unpaired) electrons. The summed E-state index contributed by atoms with van der Waals surface area (Å²) in [4.78, 5) is 37.4. The third kappa shape index (κ3) is 5.79. The van der Waals surface area contributed by atoms with E-state index in [4.69, 9.17) is 0 Å².